The Morgan fingerprint density at radius 2 is 1.54 bits per heavy atom. The zero-order chi connectivity index (χ0) is 17.9. The third-order valence-corrected chi connectivity index (χ3v) is 3.94. The first-order chi connectivity index (χ1) is 11.3. The lowest BCUT2D eigenvalue weighted by Gasteiger charge is -2.17. The Morgan fingerprint density at radius 1 is 0.958 bits per heavy atom. The van der Waals surface area contributed by atoms with E-state index in [9.17, 15) is 9.59 Å². The number of benzene rings is 2. The summed E-state index contributed by atoms with van der Waals surface area (Å²) in [6, 6.07) is 11.2. The highest BCUT2D eigenvalue weighted by molar-refractivity contribution is 5.98. The summed E-state index contributed by atoms with van der Waals surface area (Å²) in [5, 5.41) is 2.86. The van der Waals surface area contributed by atoms with Gasteiger partial charge >= 0.3 is 5.97 Å². The van der Waals surface area contributed by atoms with Crippen LogP contribution in [-0.2, 0) is 9.53 Å². The van der Waals surface area contributed by atoms with Gasteiger partial charge in [-0.15, -0.1) is 0 Å². The summed E-state index contributed by atoms with van der Waals surface area (Å²) in [7, 11) is 0. The molecule has 0 aliphatic carbocycles. The van der Waals surface area contributed by atoms with Crippen molar-refractivity contribution in [2.45, 2.75) is 40.7 Å². The first-order valence-electron chi connectivity index (χ1n) is 7.95. The minimum absolute atomic E-state index is 0.341. The molecule has 1 amide bonds. The minimum Gasteiger partial charge on any atom is -0.449 e. The maximum Gasteiger partial charge on any atom is 0.339 e. The number of ether oxygens (including phenoxy) is 1. The summed E-state index contributed by atoms with van der Waals surface area (Å²) in [6.45, 7) is 9.31. The second kappa shape index (κ2) is 7.30. The molecule has 0 fully saturated rings. The predicted molar refractivity (Wildman–Crippen MR) is 95.3 cm³/mol. The lowest BCUT2D eigenvalue weighted by atomic mass is 10.0. The number of aryl methyl sites for hydroxylation is 4. The van der Waals surface area contributed by atoms with Crippen LogP contribution in [0, 0.1) is 27.7 Å². The minimum atomic E-state index is -0.878. The zero-order valence-corrected chi connectivity index (χ0v) is 14.8. The first-order valence-corrected chi connectivity index (χ1v) is 7.95. The number of anilines is 1. The van der Waals surface area contributed by atoms with E-state index in [4.69, 9.17) is 4.74 Å². The SMILES string of the molecule is Cc1cc(C)c(NC(=O)[C@H](C)OC(=O)c2ccccc2C)c(C)c1. The molecule has 0 saturated heterocycles. The molecule has 2 aromatic carbocycles. The topological polar surface area (TPSA) is 55.4 Å². The smallest absolute Gasteiger partial charge is 0.339 e. The summed E-state index contributed by atoms with van der Waals surface area (Å²) in [6.07, 6.45) is -0.878. The van der Waals surface area contributed by atoms with Gasteiger partial charge in [-0.25, -0.2) is 4.79 Å². The van der Waals surface area contributed by atoms with Gasteiger partial charge in [-0.1, -0.05) is 35.9 Å². The molecule has 126 valence electrons. The van der Waals surface area contributed by atoms with E-state index in [0.717, 1.165) is 27.9 Å². The van der Waals surface area contributed by atoms with E-state index in [0.29, 0.717) is 5.56 Å². The van der Waals surface area contributed by atoms with Gasteiger partial charge in [0, 0.05) is 5.69 Å². The maximum absolute atomic E-state index is 12.4. The molecule has 0 radical (unpaired) electrons. The van der Waals surface area contributed by atoms with E-state index in [1.807, 2.05) is 52.0 Å². The number of nitrogens with one attached hydrogen (secondary N) is 1. The monoisotopic (exact) mass is 325 g/mol. The Bertz CT molecular complexity index is 757. The average Bonchev–Trinajstić information content (AvgIpc) is 2.50. The molecule has 24 heavy (non-hydrogen) atoms. The Kier molecular flexibility index (Phi) is 5.39. The number of rotatable bonds is 4. The lowest BCUT2D eigenvalue weighted by molar-refractivity contribution is -0.123. The molecule has 2 aromatic rings. The van der Waals surface area contributed by atoms with Crippen molar-refractivity contribution in [2.75, 3.05) is 5.32 Å². The van der Waals surface area contributed by atoms with Crippen LogP contribution in [0.4, 0.5) is 5.69 Å². The summed E-state index contributed by atoms with van der Waals surface area (Å²) >= 11 is 0. The summed E-state index contributed by atoms with van der Waals surface area (Å²) in [5.41, 5.74) is 5.17. The van der Waals surface area contributed by atoms with Gasteiger partial charge in [-0.2, -0.15) is 0 Å². The van der Waals surface area contributed by atoms with Gasteiger partial charge in [0.2, 0.25) is 0 Å². The summed E-state index contributed by atoms with van der Waals surface area (Å²) < 4.78 is 5.30. The van der Waals surface area contributed by atoms with E-state index in [2.05, 4.69) is 5.32 Å². The number of carbonyl (C=O) groups excluding carboxylic acids is 2. The molecule has 1 N–H and O–H groups in total. The summed E-state index contributed by atoms with van der Waals surface area (Å²) in [4.78, 5) is 24.6. The zero-order valence-electron chi connectivity index (χ0n) is 14.8. The molecule has 0 bridgehead atoms. The normalized spacial score (nSPS) is 11.7. The highest BCUT2D eigenvalue weighted by Crippen LogP contribution is 2.22. The van der Waals surface area contributed by atoms with Crippen LogP contribution < -0.4 is 5.32 Å². The highest BCUT2D eigenvalue weighted by Gasteiger charge is 2.21. The van der Waals surface area contributed by atoms with Gasteiger partial charge in [0.25, 0.3) is 5.91 Å². The molecule has 0 saturated carbocycles. The quantitative estimate of drug-likeness (QED) is 0.861. The van der Waals surface area contributed by atoms with E-state index >= 15 is 0 Å². The average molecular weight is 325 g/mol. The van der Waals surface area contributed by atoms with Crippen LogP contribution in [0.3, 0.4) is 0 Å². The fourth-order valence-electron chi connectivity index (χ4n) is 2.68. The van der Waals surface area contributed by atoms with Crippen LogP contribution in [0.25, 0.3) is 0 Å². The van der Waals surface area contributed by atoms with Gasteiger partial charge in [0.15, 0.2) is 6.10 Å². The second-order valence-corrected chi connectivity index (χ2v) is 6.13. The van der Waals surface area contributed by atoms with Gasteiger partial charge < -0.3 is 10.1 Å². The third kappa shape index (κ3) is 4.02. The van der Waals surface area contributed by atoms with Crippen LogP contribution in [0.15, 0.2) is 36.4 Å². The van der Waals surface area contributed by atoms with Crippen LogP contribution in [-0.4, -0.2) is 18.0 Å². The van der Waals surface area contributed by atoms with Gasteiger partial charge in [-0.05, 0) is 57.4 Å². The van der Waals surface area contributed by atoms with Crippen LogP contribution >= 0.6 is 0 Å². The maximum atomic E-state index is 12.4. The van der Waals surface area contributed by atoms with Crippen molar-refractivity contribution in [1.29, 1.82) is 0 Å². The number of amides is 1. The molecule has 0 aliphatic rings. The van der Waals surface area contributed by atoms with E-state index in [1.54, 1.807) is 19.1 Å². The van der Waals surface area contributed by atoms with E-state index < -0.39 is 12.1 Å². The molecule has 0 aromatic heterocycles. The molecule has 4 nitrogen and oxygen atoms in total. The van der Waals surface area contributed by atoms with E-state index in [-0.39, 0.29) is 5.91 Å². The lowest BCUT2D eigenvalue weighted by Crippen LogP contribution is -2.30. The van der Waals surface area contributed by atoms with Crippen molar-refractivity contribution < 1.29 is 14.3 Å². The molecular formula is C20H23NO3. The Labute approximate surface area is 142 Å². The van der Waals surface area contributed by atoms with Crippen molar-refractivity contribution in [3.8, 4) is 0 Å². The van der Waals surface area contributed by atoms with Crippen molar-refractivity contribution >= 4 is 17.6 Å². The predicted octanol–water partition coefficient (Wildman–Crippen LogP) is 4.10. The molecule has 4 heteroatoms. The standard InChI is InChI=1S/C20H23NO3/c1-12-10-14(3)18(15(4)11-12)21-19(22)16(5)24-20(23)17-9-7-6-8-13(17)2/h6-11,16H,1-5H3,(H,21,22)/t16-/m0/s1. The van der Waals surface area contributed by atoms with Gasteiger partial charge in [-0.3, -0.25) is 4.79 Å². The first kappa shape index (κ1) is 17.7. The Hall–Kier alpha value is -2.62. The molecule has 2 rings (SSSR count). The number of hydrogen-bond donors (Lipinski definition) is 1. The van der Waals surface area contributed by atoms with Crippen molar-refractivity contribution in [3.05, 3.63) is 64.2 Å². The molecule has 0 heterocycles. The van der Waals surface area contributed by atoms with Gasteiger partial charge in [0.05, 0.1) is 5.56 Å². The van der Waals surface area contributed by atoms with E-state index in [1.165, 1.54) is 0 Å². The molecule has 1 atom stereocenters. The fraction of sp³-hybridized carbons (Fsp3) is 0.300. The Morgan fingerprint density at radius 3 is 2.12 bits per heavy atom. The van der Waals surface area contributed by atoms with Crippen molar-refractivity contribution in [1.82, 2.24) is 0 Å². The molecule has 0 unspecified atom stereocenters. The molecule has 0 aliphatic heterocycles. The molecule has 0 spiro atoms. The fourth-order valence-corrected chi connectivity index (χ4v) is 2.68. The Balaban J connectivity index is 2.08. The number of hydrogen-bond acceptors (Lipinski definition) is 3. The van der Waals surface area contributed by atoms with Crippen LogP contribution in [0.5, 0.6) is 0 Å². The van der Waals surface area contributed by atoms with Crippen LogP contribution in [0.2, 0.25) is 0 Å². The largest absolute Gasteiger partial charge is 0.449 e. The number of esters is 1. The molecular weight excluding hydrogens is 302 g/mol. The summed E-state index contributed by atoms with van der Waals surface area (Å²) in [5.74, 6) is -0.833. The van der Waals surface area contributed by atoms with Crippen molar-refractivity contribution in [2.24, 2.45) is 0 Å². The third-order valence-electron chi connectivity index (χ3n) is 3.94. The second-order valence-electron chi connectivity index (χ2n) is 6.13. The van der Waals surface area contributed by atoms with Crippen LogP contribution in [0.1, 0.15) is 39.5 Å². The number of carbonyl (C=O) groups is 2. The highest BCUT2D eigenvalue weighted by atomic mass is 16.5. The van der Waals surface area contributed by atoms with Crippen molar-refractivity contribution in [3.63, 3.8) is 0 Å². The van der Waals surface area contributed by atoms with Gasteiger partial charge in [0.1, 0.15) is 0 Å².